The zero-order valence-electron chi connectivity index (χ0n) is 14.5. The average Bonchev–Trinajstić information content (AvgIpc) is 3.07. The Morgan fingerprint density at radius 2 is 2.04 bits per heavy atom. The topological polar surface area (TPSA) is 55.1 Å². The fraction of sp³-hybridized carbons (Fsp3) is 0.500. The quantitative estimate of drug-likeness (QED) is 0.895. The molecule has 3 atom stereocenters. The number of nitrogens with zero attached hydrogens (tertiary/aromatic N) is 1. The Bertz CT molecular complexity index is 665. The third-order valence-corrected chi connectivity index (χ3v) is 5.23. The number of nitrogens with one attached hydrogen (secondary N) is 1. The summed E-state index contributed by atoms with van der Waals surface area (Å²) in [7, 11) is 0. The van der Waals surface area contributed by atoms with Crippen molar-refractivity contribution in [2.24, 2.45) is 11.8 Å². The van der Waals surface area contributed by atoms with Crippen LogP contribution in [0.3, 0.4) is 0 Å². The minimum atomic E-state index is 0.0976. The molecule has 3 unspecified atom stereocenters. The summed E-state index contributed by atoms with van der Waals surface area (Å²) in [6.45, 7) is 4.52. The lowest BCUT2D eigenvalue weighted by molar-refractivity contribution is -0.122. The van der Waals surface area contributed by atoms with E-state index in [4.69, 9.17) is 4.42 Å². The van der Waals surface area contributed by atoms with Crippen molar-refractivity contribution in [3.8, 4) is 11.3 Å². The van der Waals surface area contributed by atoms with E-state index in [2.05, 4.69) is 24.1 Å². The van der Waals surface area contributed by atoms with E-state index in [9.17, 15) is 4.79 Å². The molecular formula is C20H26N2O2. The number of aryl methyl sites for hydroxylation is 1. The molecule has 4 heteroatoms. The second-order valence-corrected chi connectivity index (χ2v) is 6.93. The van der Waals surface area contributed by atoms with E-state index in [1.165, 1.54) is 12.8 Å². The van der Waals surface area contributed by atoms with Crippen molar-refractivity contribution in [1.82, 2.24) is 10.3 Å². The Morgan fingerprint density at radius 3 is 2.83 bits per heavy atom. The maximum Gasteiger partial charge on any atom is 0.220 e. The molecule has 3 rings (SSSR count). The highest BCUT2D eigenvalue weighted by Gasteiger charge is 2.28. The van der Waals surface area contributed by atoms with Crippen molar-refractivity contribution in [3.63, 3.8) is 0 Å². The second kappa shape index (κ2) is 7.65. The zero-order valence-corrected chi connectivity index (χ0v) is 14.5. The molecule has 1 aromatic carbocycles. The summed E-state index contributed by atoms with van der Waals surface area (Å²) in [5.74, 6) is 2.70. The Balaban J connectivity index is 1.51. The summed E-state index contributed by atoms with van der Waals surface area (Å²) in [6, 6.07) is 10.2. The second-order valence-electron chi connectivity index (χ2n) is 6.93. The van der Waals surface area contributed by atoms with Gasteiger partial charge < -0.3 is 9.73 Å². The van der Waals surface area contributed by atoms with E-state index in [1.54, 1.807) is 6.20 Å². The maximum absolute atomic E-state index is 12.2. The fourth-order valence-corrected chi connectivity index (χ4v) is 3.45. The van der Waals surface area contributed by atoms with E-state index >= 15 is 0 Å². The van der Waals surface area contributed by atoms with Crippen LogP contribution in [0.15, 0.2) is 40.9 Å². The van der Waals surface area contributed by atoms with Crippen LogP contribution in [0.4, 0.5) is 0 Å². The maximum atomic E-state index is 12.2. The Labute approximate surface area is 143 Å². The van der Waals surface area contributed by atoms with Crippen LogP contribution in [0.2, 0.25) is 0 Å². The van der Waals surface area contributed by atoms with Gasteiger partial charge in [-0.1, -0.05) is 57.0 Å². The van der Waals surface area contributed by atoms with E-state index in [0.717, 1.165) is 17.7 Å². The molecule has 0 aliphatic heterocycles. The van der Waals surface area contributed by atoms with Crippen LogP contribution in [0.25, 0.3) is 11.3 Å². The standard InChI is InChI=1S/C20H26N2O2/c1-14-7-6-10-17(15(14)2)22-19(23)11-12-20-21-13-18(24-20)16-8-4-3-5-9-16/h3-5,8-9,13-15,17H,6-7,10-12H2,1-2H3,(H,22,23). The molecule has 1 aliphatic rings. The molecule has 24 heavy (non-hydrogen) atoms. The molecular weight excluding hydrogens is 300 g/mol. The Hall–Kier alpha value is -2.10. The molecule has 1 saturated carbocycles. The van der Waals surface area contributed by atoms with Gasteiger partial charge in [-0.15, -0.1) is 0 Å². The van der Waals surface area contributed by atoms with Crippen LogP contribution in [0, 0.1) is 11.8 Å². The summed E-state index contributed by atoms with van der Waals surface area (Å²) in [5, 5.41) is 3.20. The third kappa shape index (κ3) is 4.05. The number of rotatable bonds is 5. The van der Waals surface area contributed by atoms with Crippen LogP contribution in [0.1, 0.15) is 45.4 Å². The summed E-state index contributed by atoms with van der Waals surface area (Å²) < 4.78 is 5.76. The van der Waals surface area contributed by atoms with Crippen molar-refractivity contribution in [2.75, 3.05) is 0 Å². The van der Waals surface area contributed by atoms with Gasteiger partial charge in [0.15, 0.2) is 11.7 Å². The summed E-state index contributed by atoms with van der Waals surface area (Å²) in [5.41, 5.74) is 1.01. The van der Waals surface area contributed by atoms with Gasteiger partial charge in [0, 0.05) is 24.4 Å². The van der Waals surface area contributed by atoms with Crippen molar-refractivity contribution in [3.05, 3.63) is 42.4 Å². The predicted octanol–water partition coefficient (Wildman–Crippen LogP) is 4.22. The largest absolute Gasteiger partial charge is 0.441 e. The number of carbonyl (C=O) groups excluding carboxylic acids is 1. The van der Waals surface area contributed by atoms with E-state index in [-0.39, 0.29) is 5.91 Å². The van der Waals surface area contributed by atoms with Crippen molar-refractivity contribution >= 4 is 5.91 Å². The Kier molecular flexibility index (Phi) is 5.34. The first-order valence-electron chi connectivity index (χ1n) is 8.93. The zero-order chi connectivity index (χ0) is 16.9. The van der Waals surface area contributed by atoms with E-state index in [1.807, 2.05) is 30.3 Å². The lowest BCUT2D eigenvalue weighted by Gasteiger charge is -2.34. The summed E-state index contributed by atoms with van der Waals surface area (Å²) in [6.07, 6.45) is 6.26. The molecule has 1 aliphatic carbocycles. The molecule has 1 amide bonds. The molecule has 1 N–H and O–H groups in total. The average molecular weight is 326 g/mol. The first-order chi connectivity index (χ1) is 11.6. The molecule has 0 saturated heterocycles. The number of oxazole rings is 1. The normalized spacial score (nSPS) is 23.8. The molecule has 1 heterocycles. The SMILES string of the molecule is CC1CCCC(NC(=O)CCc2ncc(-c3ccccc3)o2)C1C. The highest BCUT2D eigenvalue weighted by molar-refractivity contribution is 5.76. The van der Waals surface area contributed by atoms with Crippen LogP contribution in [-0.4, -0.2) is 16.9 Å². The number of aromatic nitrogens is 1. The lowest BCUT2D eigenvalue weighted by atomic mass is 9.78. The van der Waals surface area contributed by atoms with Crippen LogP contribution in [0.5, 0.6) is 0 Å². The van der Waals surface area contributed by atoms with Gasteiger partial charge >= 0.3 is 0 Å². The van der Waals surface area contributed by atoms with Crippen molar-refractivity contribution in [1.29, 1.82) is 0 Å². The van der Waals surface area contributed by atoms with Crippen LogP contribution in [-0.2, 0) is 11.2 Å². The highest BCUT2D eigenvalue weighted by atomic mass is 16.4. The van der Waals surface area contributed by atoms with Gasteiger partial charge in [-0.05, 0) is 18.3 Å². The van der Waals surface area contributed by atoms with Gasteiger partial charge in [0.05, 0.1) is 6.20 Å². The molecule has 0 bridgehead atoms. The molecule has 4 nitrogen and oxygen atoms in total. The van der Waals surface area contributed by atoms with Gasteiger partial charge in [0.1, 0.15) is 0 Å². The monoisotopic (exact) mass is 326 g/mol. The number of carbonyl (C=O) groups is 1. The number of hydrogen-bond donors (Lipinski definition) is 1. The number of benzene rings is 1. The first kappa shape index (κ1) is 16.7. The van der Waals surface area contributed by atoms with E-state index < -0.39 is 0 Å². The Morgan fingerprint density at radius 1 is 1.25 bits per heavy atom. The van der Waals surface area contributed by atoms with Crippen molar-refractivity contribution in [2.45, 2.75) is 52.0 Å². The fourth-order valence-electron chi connectivity index (χ4n) is 3.45. The minimum absolute atomic E-state index is 0.0976. The lowest BCUT2D eigenvalue weighted by Crippen LogP contribution is -2.43. The summed E-state index contributed by atoms with van der Waals surface area (Å²) in [4.78, 5) is 16.5. The summed E-state index contributed by atoms with van der Waals surface area (Å²) >= 11 is 0. The van der Waals surface area contributed by atoms with Crippen LogP contribution >= 0.6 is 0 Å². The first-order valence-corrected chi connectivity index (χ1v) is 8.93. The molecule has 128 valence electrons. The van der Waals surface area contributed by atoms with Gasteiger partial charge in [-0.2, -0.15) is 0 Å². The van der Waals surface area contributed by atoms with Crippen LogP contribution < -0.4 is 5.32 Å². The van der Waals surface area contributed by atoms with E-state index in [0.29, 0.717) is 36.6 Å². The smallest absolute Gasteiger partial charge is 0.220 e. The highest BCUT2D eigenvalue weighted by Crippen LogP contribution is 2.29. The molecule has 1 fully saturated rings. The third-order valence-electron chi connectivity index (χ3n) is 5.23. The predicted molar refractivity (Wildman–Crippen MR) is 94.4 cm³/mol. The van der Waals surface area contributed by atoms with Gasteiger partial charge in [0.25, 0.3) is 0 Å². The minimum Gasteiger partial charge on any atom is -0.441 e. The molecule has 0 spiro atoms. The molecule has 1 aromatic heterocycles. The molecule has 2 aromatic rings. The van der Waals surface area contributed by atoms with Crippen molar-refractivity contribution < 1.29 is 9.21 Å². The van der Waals surface area contributed by atoms with Gasteiger partial charge in [0.2, 0.25) is 5.91 Å². The van der Waals surface area contributed by atoms with Gasteiger partial charge in [-0.25, -0.2) is 4.98 Å². The van der Waals surface area contributed by atoms with Gasteiger partial charge in [-0.3, -0.25) is 4.79 Å². The molecule has 0 radical (unpaired) electrons. The number of amides is 1. The number of hydrogen-bond acceptors (Lipinski definition) is 3.